The molecule has 0 bridgehead atoms. The first-order chi connectivity index (χ1) is 15.0. The lowest BCUT2D eigenvalue weighted by molar-refractivity contribution is -0.140. The lowest BCUT2D eigenvalue weighted by atomic mass is 10.0. The number of alkyl halides is 3. The van der Waals surface area contributed by atoms with Gasteiger partial charge in [-0.15, -0.1) is 0 Å². The number of halogens is 5. The van der Waals surface area contributed by atoms with E-state index in [0.717, 1.165) is 0 Å². The van der Waals surface area contributed by atoms with Crippen LogP contribution in [0.1, 0.15) is 19.4 Å². The molecule has 1 aromatic carbocycles. The van der Waals surface area contributed by atoms with Crippen LogP contribution in [0.3, 0.4) is 0 Å². The van der Waals surface area contributed by atoms with Gasteiger partial charge in [0.05, 0.1) is 30.3 Å². The summed E-state index contributed by atoms with van der Waals surface area (Å²) in [7, 11) is 1.56. The first-order valence-electron chi connectivity index (χ1n) is 9.96. The van der Waals surface area contributed by atoms with Crippen molar-refractivity contribution in [3.8, 4) is 17.0 Å². The molecule has 11 heteroatoms. The van der Waals surface area contributed by atoms with Gasteiger partial charge in [0.2, 0.25) is 0 Å². The molecule has 3 heterocycles. The molecule has 4 rings (SSSR count). The summed E-state index contributed by atoms with van der Waals surface area (Å²) in [4.78, 5) is 6.53. The van der Waals surface area contributed by atoms with Crippen molar-refractivity contribution in [1.29, 1.82) is 0 Å². The van der Waals surface area contributed by atoms with E-state index >= 15 is 0 Å². The largest absolute Gasteiger partial charge is 0.503 e. The van der Waals surface area contributed by atoms with Crippen molar-refractivity contribution < 1.29 is 31.8 Å². The van der Waals surface area contributed by atoms with E-state index in [0.29, 0.717) is 37.2 Å². The van der Waals surface area contributed by atoms with E-state index in [4.69, 9.17) is 4.74 Å². The second-order valence-electron chi connectivity index (χ2n) is 8.06. The average Bonchev–Trinajstić information content (AvgIpc) is 3.07. The molecule has 1 aliphatic heterocycles. The number of ether oxygens (including phenoxy) is 1. The minimum absolute atomic E-state index is 0.0854. The van der Waals surface area contributed by atoms with E-state index in [2.05, 4.69) is 28.8 Å². The number of aromatic nitrogens is 3. The first kappa shape index (κ1) is 22.3. The predicted molar refractivity (Wildman–Crippen MR) is 107 cm³/mol. The molecule has 172 valence electrons. The summed E-state index contributed by atoms with van der Waals surface area (Å²) in [6.07, 6.45) is -3.73. The Morgan fingerprint density at radius 2 is 1.91 bits per heavy atom. The Hall–Kier alpha value is -2.95. The minimum atomic E-state index is -5.12. The molecule has 1 fully saturated rings. The van der Waals surface area contributed by atoms with Gasteiger partial charge >= 0.3 is 6.18 Å². The number of fused-ring (bicyclic) bond motifs is 1. The molecule has 1 N–H and O–H groups in total. The van der Waals surface area contributed by atoms with Gasteiger partial charge in [-0.3, -0.25) is 4.68 Å². The number of anilines is 1. The molecule has 1 saturated heterocycles. The van der Waals surface area contributed by atoms with Crippen molar-refractivity contribution in [3.05, 3.63) is 35.5 Å². The molecule has 1 aliphatic rings. The number of rotatable bonds is 3. The molecule has 32 heavy (non-hydrogen) atoms. The van der Waals surface area contributed by atoms with Crippen molar-refractivity contribution in [2.24, 2.45) is 13.0 Å². The Bertz CT molecular complexity index is 1180. The van der Waals surface area contributed by atoms with Crippen molar-refractivity contribution in [2.75, 3.05) is 24.7 Å². The Kier molecular flexibility index (Phi) is 5.48. The maximum Gasteiger partial charge on any atom is 0.419 e. The summed E-state index contributed by atoms with van der Waals surface area (Å²) in [6, 6.07) is 2.12. The Morgan fingerprint density at radius 3 is 2.56 bits per heavy atom. The SMILES string of the molecule is CC(C)C1COCCN1c1cc2c(cn1)c(-c1cc(C(F)(F)F)c(F)c(O)c1F)nn2C. The van der Waals surface area contributed by atoms with Crippen LogP contribution in [-0.4, -0.2) is 45.7 Å². The van der Waals surface area contributed by atoms with Gasteiger partial charge in [0.15, 0.2) is 17.4 Å². The molecular formula is C21H21F5N4O2. The number of pyridine rings is 1. The van der Waals surface area contributed by atoms with Gasteiger partial charge in [-0.1, -0.05) is 13.8 Å². The normalized spacial score (nSPS) is 17.5. The topological polar surface area (TPSA) is 63.4 Å². The van der Waals surface area contributed by atoms with Gasteiger partial charge in [-0.05, 0) is 12.0 Å². The number of nitrogens with zero attached hydrogens (tertiary/aromatic N) is 4. The lowest BCUT2D eigenvalue weighted by Gasteiger charge is -2.38. The number of morpholine rings is 1. The fourth-order valence-electron chi connectivity index (χ4n) is 3.96. The fourth-order valence-corrected chi connectivity index (χ4v) is 3.96. The molecule has 0 aliphatic carbocycles. The summed E-state index contributed by atoms with van der Waals surface area (Å²) in [6.45, 7) is 5.81. The van der Waals surface area contributed by atoms with Crippen LogP contribution in [-0.2, 0) is 18.0 Å². The van der Waals surface area contributed by atoms with Crippen LogP contribution in [0.2, 0.25) is 0 Å². The maximum atomic E-state index is 14.6. The Morgan fingerprint density at radius 1 is 1.19 bits per heavy atom. The van der Waals surface area contributed by atoms with E-state index in [1.54, 1.807) is 13.1 Å². The molecule has 3 aromatic rings. The number of hydrogen-bond acceptors (Lipinski definition) is 5. The summed E-state index contributed by atoms with van der Waals surface area (Å²) >= 11 is 0. The van der Waals surface area contributed by atoms with Crippen molar-refractivity contribution in [3.63, 3.8) is 0 Å². The van der Waals surface area contributed by atoms with Crippen molar-refractivity contribution in [2.45, 2.75) is 26.1 Å². The summed E-state index contributed by atoms with van der Waals surface area (Å²) in [5, 5.41) is 14.1. The average molecular weight is 456 g/mol. The molecule has 6 nitrogen and oxygen atoms in total. The first-order valence-corrected chi connectivity index (χ1v) is 9.96. The second-order valence-corrected chi connectivity index (χ2v) is 8.06. The van der Waals surface area contributed by atoms with Crippen LogP contribution >= 0.6 is 0 Å². The van der Waals surface area contributed by atoms with Crippen molar-refractivity contribution >= 4 is 16.7 Å². The highest BCUT2D eigenvalue weighted by atomic mass is 19.4. The number of aromatic hydroxyl groups is 1. The van der Waals surface area contributed by atoms with E-state index in [1.165, 1.54) is 10.9 Å². The lowest BCUT2D eigenvalue weighted by Crippen LogP contribution is -2.48. The van der Waals surface area contributed by atoms with Gasteiger partial charge < -0.3 is 14.7 Å². The van der Waals surface area contributed by atoms with Gasteiger partial charge in [0.1, 0.15) is 11.5 Å². The molecule has 1 atom stereocenters. The quantitative estimate of drug-likeness (QED) is 0.588. The van der Waals surface area contributed by atoms with Gasteiger partial charge in [0, 0.05) is 36.8 Å². The van der Waals surface area contributed by atoms with Crippen LogP contribution in [0.15, 0.2) is 18.3 Å². The van der Waals surface area contributed by atoms with E-state index < -0.39 is 34.7 Å². The van der Waals surface area contributed by atoms with Gasteiger partial charge in [0.25, 0.3) is 0 Å². The second kappa shape index (κ2) is 7.88. The third-order valence-corrected chi connectivity index (χ3v) is 5.69. The summed E-state index contributed by atoms with van der Waals surface area (Å²) in [5.74, 6) is -4.37. The number of benzene rings is 1. The highest BCUT2D eigenvalue weighted by Crippen LogP contribution is 2.41. The zero-order valence-corrected chi connectivity index (χ0v) is 17.5. The zero-order chi connectivity index (χ0) is 23.4. The van der Waals surface area contributed by atoms with Gasteiger partial charge in [-0.2, -0.15) is 18.3 Å². The Labute approximate surface area is 180 Å². The van der Waals surface area contributed by atoms with Crippen LogP contribution < -0.4 is 4.90 Å². The summed E-state index contributed by atoms with van der Waals surface area (Å²) < 4.78 is 75.1. The third-order valence-electron chi connectivity index (χ3n) is 5.69. The van der Waals surface area contributed by atoms with Crippen LogP contribution in [0.25, 0.3) is 22.2 Å². The standard InChI is InChI=1S/C21H21F5N4O2/c1-10(2)15-9-32-5-4-30(15)16-7-14-12(8-27-16)19(28-29(14)3)11-6-13(21(24,25)26)18(23)20(31)17(11)22/h6-8,10,15,31H,4-5,9H2,1-3H3. The molecule has 0 radical (unpaired) electrons. The highest BCUT2D eigenvalue weighted by molar-refractivity contribution is 5.94. The maximum absolute atomic E-state index is 14.6. The predicted octanol–water partition coefficient (Wildman–Crippen LogP) is 4.50. The third kappa shape index (κ3) is 3.64. The highest BCUT2D eigenvalue weighted by Gasteiger charge is 2.38. The molecule has 0 saturated carbocycles. The molecule has 0 spiro atoms. The molecule has 1 unspecified atom stereocenters. The zero-order valence-electron chi connectivity index (χ0n) is 17.5. The smallest absolute Gasteiger partial charge is 0.419 e. The van der Waals surface area contributed by atoms with Crippen LogP contribution in [0.5, 0.6) is 5.75 Å². The molecular weight excluding hydrogens is 435 g/mol. The number of phenols is 1. The van der Waals surface area contributed by atoms with E-state index in [1.807, 2.05) is 0 Å². The number of phenolic OH excluding ortho intramolecular Hbond substituents is 1. The van der Waals surface area contributed by atoms with E-state index in [-0.39, 0.29) is 23.0 Å². The summed E-state index contributed by atoms with van der Waals surface area (Å²) in [5.41, 5.74) is -2.12. The van der Waals surface area contributed by atoms with Crippen LogP contribution in [0, 0.1) is 17.6 Å². The van der Waals surface area contributed by atoms with Gasteiger partial charge in [-0.25, -0.2) is 13.8 Å². The number of aryl methyl sites for hydroxylation is 1. The fraction of sp³-hybridized carbons (Fsp3) is 0.429. The molecule has 0 amide bonds. The van der Waals surface area contributed by atoms with Crippen molar-refractivity contribution in [1.82, 2.24) is 14.8 Å². The van der Waals surface area contributed by atoms with E-state index in [9.17, 15) is 27.1 Å². The number of hydrogen-bond donors (Lipinski definition) is 1. The minimum Gasteiger partial charge on any atom is -0.503 e. The molecule has 2 aromatic heterocycles. The monoisotopic (exact) mass is 456 g/mol. The Balaban J connectivity index is 1.86. The van der Waals surface area contributed by atoms with Crippen LogP contribution in [0.4, 0.5) is 27.8 Å².